The van der Waals surface area contributed by atoms with Gasteiger partial charge in [0.1, 0.15) is 0 Å². The molecule has 0 radical (unpaired) electrons. The number of aliphatic imine (C=N–C) groups is 1. The minimum atomic E-state index is -0.668. The van der Waals surface area contributed by atoms with Crippen LogP contribution in [0, 0.1) is 0 Å². The molecule has 0 bridgehead atoms. The van der Waals surface area contributed by atoms with Gasteiger partial charge in [-0.15, -0.1) is 0 Å². The number of carbonyl (C=O) groups excluding carboxylic acids is 1. The molecule has 0 aromatic heterocycles. The van der Waals surface area contributed by atoms with E-state index in [4.69, 9.17) is 14.8 Å². The first-order valence-electron chi connectivity index (χ1n) is 27.2. The first kappa shape index (κ1) is 57.6. The summed E-state index contributed by atoms with van der Waals surface area (Å²) in [7, 11) is 0. The first-order chi connectivity index (χ1) is 30.6. The van der Waals surface area contributed by atoms with Gasteiger partial charge >= 0.3 is 11.9 Å². The van der Waals surface area contributed by atoms with Gasteiger partial charge in [-0.25, -0.2) is 0 Å². The lowest BCUT2D eigenvalue weighted by molar-refractivity contribution is -0.144. The summed E-state index contributed by atoms with van der Waals surface area (Å²) in [5, 5.41) is 8.68. The fraction of sp³-hybridized carbons (Fsp3) is 0.839. The molecule has 1 heterocycles. The van der Waals surface area contributed by atoms with Gasteiger partial charge in [0.25, 0.3) is 0 Å². The van der Waals surface area contributed by atoms with Crippen molar-refractivity contribution >= 4 is 17.8 Å². The maximum absolute atomic E-state index is 12.1. The number of unbranched alkanes of at least 4 members (excludes halogenated alkanes) is 33. The average Bonchev–Trinajstić information content (AvgIpc) is 3.72. The Morgan fingerprint density at radius 1 is 0.484 bits per heavy atom. The van der Waals surface area contributed by atoms with Crippen LogP contribution in [0.4, 0.5) is 0 Å². The van der Waals surface area contributed by atoms with Gasteiger partial charge in [-0.3, -0.25) is 14.6 Å². The molecular weight excluding hydrogens is 765 g/mol. The number of aliphatic carboxylic acids is 1. The number of hydrogen-bond donors (Lipinski definition) is 1. The van der Waals surface area contributed by atoms with Gasteiger partial charge in [0.2, 0.25) is 0 Å². The van der Waals surface area contributed by atoms with Gasteiger partial charge < -0.3 is 14.7 Å². The summed E-state index contributed by atoms with van der Waals surface area (Å²) < 4.78 is 5.48. The van der Waals surface area contributed by atoms with Crippen molar-refractivity contribution in [2.24, 2.45) is 4.99 Å². The number of amidine groups is 1. The Bertz CT molecular complexity index is 1100. The third kappa shape index (κ3) is 42.9. The second kappa shape index (κ2) is 48.1. The Kier molecular flexibility index (Phi) is 44.7. The summed E-state index contributed by atoms with van der Waals surface area (Å²) >= 11 is 0. The Morgan fingerprint density at radius 3 is 1.31 bits per heavy atom. The van der Waals surface area contributed by atoms with E-state index >= 15 is 0 Å². The van der Waals surface area contributed by atoms with Crippen LogP contribution in [-0.4, -0.2) is 54.0 Å². The number of allylic oxidation sites excluding steroid dienone is 6. The number of ether oxygens (including phenoxy) is 1. The summed E-state index contributed by atoms with van der Waals surface area (Å²) in [5.74, 6) is 0.718. The van der Waals surface area contributed by atoms with Gasteiger partial charge in [-0.05, 0) is 109 Å². The molecule has 0 aromatic carbocycles. The number of carbonyl (C=O) groups is 2. The largest absolute Gasteiger partial charge is 0.481 e. The van der Waals surface area contributed by atoms with Crippen LogP contribution in [0.25, 0.3) is 0 Å². The van der Waals surface area contributed by atoms with Crippen LogP contribution in [0.5, 0.6) is 0 Å². The summed E-state index contributed by atoms with van der Waals surface area (Å²) in [6.07, 6.45) is 65.4. The molecule has 62 heavy (non-hydrogen) atoms. The zero-order valence-corrected chi connectivity index (χ0v) is 41.1. The topological polar surface area (TPSA) is 79.2 Å². The summed E-state index contributed by atoms with van der Waals surface area (Å²) in [6, 6.07) is 0. The SMILES string of the molecule is CCCCCCCCC=CCCCCCCCCOC(=O)CCCCCCCC=CCCCCCCCCN1CCN=C1CCCCCCCC=CCCCCCCCC(=O)O. The second-order valence-corrected chi connectivity index (χ2v) is 18.6. The van der Waals surface area contributed by atoms with Crippen molar-refractivity contribution in [1.29, 1.82) is 0 Å². The lowest BCUT2D eigenvalue weighted by Gasteiger charge is -2.20. The van der Waals surface area contributed by atoms with Gasteiger partial charge in [-0.1, -0.05) is 185 Å². The highest BCUT2D eigenvalue weighted by molar-refractivity contribution is 5.83. The maximum atomic E-state index is 12.1. The van der Waals surface area contributed by atoms with Gasteiger partial charge in [0.05, 0.1) is 19.0 Å². The Balaban J connectivity index is 1.78. The lowest BCUT2D eigenvalue weighted by Crippen LogP contribution is -2.28. The molecule has 0 spiro atoms. The summed E-state index contributed by atoms with van der Waals surface area (Å²) in [5.41, 5.74) is 0. The maximum Gasteiger partial charge on any atom is 0.305 e. The fourth-order valence-electron chi connectivity index (χ4n) is 8.56. The molecule has 0 amide bonds. The van der Waals surface area contributed by atoms with E-state index in [1.807, 2.05) is 0 Å². The van der Waals surface area contributed by atoms with E-state index in [2.05, 4.69) is 48.3 Å². The fourth-order valence-corrected chi connectivity index (χ4v) is 8.56. The highest BCUT2D eigenvalue weighted by Crippen LogP contribution is 2.16. The monoisotopic (exact) mass is 867 g/mol. The van der Waals surface area contributed by atoms with Gasteiger partial charge in [-0.2, -0.15) is 0 Å². The molecule has 0 unspecified atom stereocenters. The van der Waals surface area contributed by atoms with Crippen molar-refractivity contribution < 1.29 is 19.4 Å². The average molecular weight is 867 g/mol. The zero-order chi connectivity index (χ0) is 44.5. The highest BCUT2D eigenvalue weighted by atomic mass is 16.5. The molecule has 0 aromatic rings. The highest BCUT2D eigenvalue weighted by Gasteiger charge is 2.15. The van der Waals surface area contributed by atoms with Crippen LogP contribution in [0.15, 0.2) is 41.4 Å². The molecule has 1 rings (SSSR count). The van der Waals surface area contributed by atoms with E-state index < -0.39 is 5.97 Å². The Hall–Kier alpha value is -2.37. The van der Waals surface area contributed by atoms with E-state index in [1.165, 1.54) is 231 Å². The molecule has 6 nitrogen and oxygen atoms in total. The third-order valence-electron chi connectivity index (χ3n) is 12.6. The standard InChI is InChI=1S/C56H102N2O4/c1-2-3-4-5-6-7-8-9-10-16-21-26-31-36-41-46-53-62-56(61)49-44-39-34-29-24-19-12-11-15-20-25-30-35-40-45-51-58-52-50-57-54(58)47-42-37-32-27-22-17-13-14-18-23-28-33-38-43-48-55(59)60/h9-14H,2-8,15-53H2,1H3,(H,59,60). The van der Waals surface area contributed by atoms with Crippen molar-refractivity contribution in [1.82, 2.24) is 4.90 Å². The number of carboxylic acid groups (broad SMARTS) is 1. The van der Waals surface area contributed by atoms with E-state index in [-0.39, 0.29) is 5.97 Å². The van der Waals surface area contributed by atoms with E-state index in [1.54, 1.807) is 0 Å². The summed E-state index contributed by atoms with van der Waals surface area (Å²) in [4.78, 5) is 30.0. The molecule has 0 saturated carbocycles. The molecule has 0 aliphatic carbocycles. The lowest BCUT2D eigenvalue weighted by atomic mass is 10.1. The van der Waals surface area contributed by atoms with Crippen LogP contribution in [0.1, 0.15) is 277 Å². The minimum Gasteiger partial charge on any atom is -0.481 e. The van der Waals surface area contributed by atoms with E-state index in [0.29, 0.717) is 19.4 Å². The number of rotatable bonds is 49. The minimum absolute atomic E-state index is 0.00363. The molecule has 0 atom stereocenters. The van der Waals surface area contributed by atoms with Crippen molar-refractivity contribution in [3.8, 4) is 0 Å². The Labute approximate surface area is 385 Å². The normalized spacial score (nSPS) is 13.1. The first-order valence-corrected chi connectivity index (χ1v) is 27.2. The molecular formula is C56H102N2O4. The van der Waals surface area contributed by atoms with Crippen molar-refractivity contribution in [2.75, 3.05) is 26.2 Å². The molecule has 1 aliphatic heterocycles. The predicted molar refractivity (Wildman–Crippen MR) is 269 cm³/mol. The predicted octanol–water partition coefficient (Wildman–Crippen LogP) is 17.4. The quantitative estimate of drug-likeness (QED) is 0.0374. The summed E-state index contributed by atoms with van der Waals surface area (Å²) in [6.45, 7) is 6.21. The van der Waals surface area contributed by atoms with Crippen LogP contribution in [0.3, 0.4) is 0 Å². The third-order valence-corrected chi connectivity index (χ3v) is 12.6. The Morgan fingerprint density at radius 2 is 0.855 bits per heavy atom. The number of nitrogens with zero attached hydrogens (tertiary/aromatic N) is 2. The van der Waals surface area contributed by atoms with E-state index in [0.717, 1.165) is 51.6 Å². The van der Waals surface area contributed by atoms with Crippen LogP contribution in [0.2, 0.25) is 0 Å². The van der Waals surface area contributed by atoms with Crippen LogP contribution < -0.4 is 0 Å². The molecule has 1 N–H and O–H groups in total. The van der Waals surface area contributed by atoms with Crippen molar-refractivity contribution in [2.45, 2.75) is 277 Å². The van der Waals surface area contributed by atoms with Crippen molar-refractivity contribution in [3.05, 3.63) is 36.5 Å². The molecule has 0 saturated heterocycles. The molecule has 6 heteroatoms. The van der Waals surface area contributed by atoms with Crippen LogP contribution >= 0.6 is 0 Å². The molecule has 0 fully saturated rings. The number of carboxylic acids is 1. The van der Waals surface area contributed by atoms with Crippen LogP contribution in [-0.2, 0) is 14.3 Å². The molecule has 1 aliphatic rings. The number of hydrogen-bond acceptors (Lipinski definition) is 5. The number of esters is 1. The smallest absolute Gasteiger partial charge is 0.305 e. The van der Waals surface area contributed by atoms with Crippen molar-refractivity contribution in [3.63, 3.8) is 0 Å². The zero-order valence-electron chi connectivity index (χ0n) is 41.1. The van der Waals surface area contributed by atoms with E-state index in [9.17, 15) is 9.59 Å². The second-order valence-electron chi connectivity index (χ2n) is 18.6. The van der Waals surface area contributed by atoms with Gasteiger partial charge in [0.15, 0.2) is 0 Å². The van der Waals surface area contributed by atoms with Gasteiger partial charge in [0, 0.05) is 32.4 Å². The molecule has 360 valence electrons.